The molecule has 1 saturated heterocycles. The minimum atomic E-state index is 0.0166. The summed E-state index contributed by atoms with van der Waals surface area (Å²) in [5, 5.41) is 12.2. The van der Waals surface area contributed by atoms with Crippen LogP contribution in [0.3, 0.4) is 0 Å². The molecular formula is C19H20N6O. The average molecular weight is 348 g/mol. The van der Waals surface area contributed by atoms with E-state index in [4.69, 9.17) is 5.26 Å². The maximum Gasteiger partial charge on any atom is 0.255 e. The van der Waals surface area contributed by atoms with Crippen molar-refractivity contribution in [3.63, 3.8) is 0 Å². The normalized spacial score (nSPS) is 16.9. The maximum absolute atomic E-state index is 12.7. The van der Waals surface area contributed by atoms with Crippen LogP contribution in [0.25, 0.3) is 0 Å². The van der Waals surface area contributed by atoms with Gasteiger partial charge in [0.15, 0.2) is 0 Å². The Bertz CT molecular complexity index is 815. The maximum atomic E-state index is 12.7. The minimum Gasteiger partial charge on any atom is -0.367 e. The molecule has 0 bridgehead atoms. The first kappa shape index (κ1) is 16.3. The lowest BCUT2D eigenvalue weighted by molar-refractivity contribution is 0.0746. The summed E-state index contributed by atoms with van der Waals surface area (Å²) in [4.78, 5) is 25.3. The largest absolute Gasteiger partial charge is 0.367 e. The van der Waals surface area contributed by atoms with Crippen LogP contribution in [0.2, 0.25) is 0 Å². The molecule has 0 aromatic carbocycles. The monoisotopic (exact) mass is 348 g/mol. The molecule has 0 radical (unpaired) electrons. The molecule has 4 rings (SSSR count). The third-order valence-electron chi connectivity index (χ3n) is 4.71. The van der Waals surface area contributed by atoms with Crippen molar-refractivity contribution >= 4 is 17.5 Å². The highest BCUT2D eigenvalue weighted by Crippen LogP contribution is 2.23. The van der Waals surface area contributed by atoms with Gasteiger partial charge in [0, 0.05) is 44.6 Å². The average Bonchev–Trinajstić information content (AvgIpc) is 3.52. The molecule has 3 heterocycles. The Morgan fingerprint density at radius 2 is 1.88 bits per heavy atom. The molecule has 0 atom stereocenters. The van der Waals surface area contributed by atoms with Crippen LogP contribution in [0.4, 0.5) is 11.6 Å². The quantitative estimate of drug-likeness (QED) is 0.908. The number of rotatable bonds is 4. The van der Waals surface area contributed by atoms with Crippen LogP contribution in [-0.2, 0) is 0 Å². The summed E-state index contributed by atoms with van der Waals surface area (Å²) in [7, 11) is 0. The lowest BCUT2D eigenvalue weighted by Crippen LogP contribution is -2.49. The summed E-state index contributed by atoms with van der Waals surface area (Å²) in [5.41, 5.74) is 1.17. The first-order chi connectivity index (χ1) is 12.7. The highest BCUT2D eigenvalue weighted by molar-refractivity contribution is 5.94. The molecule has 2 aromatic heterocycles. The number of anilines is 2. The Kier molecular flexibility index (Phi) is 4.40. The number of nitriles is 1. The third kappa shape index (κ3) is 3.59. The van der Waals surface area contributed by atoms with E-state index in [1.54, 1.807) is 18.5 Å². The second-order valence-electron chi connectivity index (χ2n) is 6.65. The Balaban J connectivity index is 1.34. The molecule has 1 N–H and O–H groups in total. The number of hydrogen-bond acceptors (Lipinski definition) is 6. The number of carbonyl (C=O) groups excluding carboxylic acids is 1. The van der Waals surface area contributed by atoms with Crippen LogP contribution in [0, 0.1) is 11.3 Å². The van der Waals surface area contributed by atoms with E-state index in [1.165, 1.54) is 12.8 Å². The molecule has 2 aromatic rings. The van der Waals surface area contributed by atoms with Crippen molar-refractivity contribution in [2.45, 2.75) is 18.9 Å². The van der Waals surface area contributed by atoms with Gasteiger partial charge >= 0.3 is 0 Å². The summed E-state index contributed by atoms with van der Waals surface area (Å²) in [6, 6.07) is 9.96. The number of nitrogens with one attached hydrogen (secondary N) is 1. The Morgan fingerprint density at radius 1 is 1.08 bits per heavy atom. The van der Waals surface area contributed by atoms with Crippen LogP contribution in [0.15, 0.2) is 36.7 Å². The van der Waals surface area contributed by atoms with E-state index >= 15 is 0 Å². The summed E-state index contributed by atoms with van der Waals surface area (Å²) in [6.07, 6.45) is 5.62. The molecule has 0 unspecified atom stereocenters. The molecule has 1 aliphatic carbocycles. The van der Waals surface area contributed by atoms with E-state index < -0.39 is 0 Å². The molecule has 1 amide bonds. The van der Waals surface area contributed by atoms with Crippen LogP contribution in [-0.4, -0.2) is 53.0 Å². The van der Waals surface area contributed by atoms with Crippen molar-refractivity contribution in [1.82, 2.24) is 14.9 Å². The molecule has 2 aliphatic rings. The smallest absolute Gasteiger partial charge is 0.255 e. The molecule has 7 heteroatoms. The summed E-state index contributed by atoms with van der Waals surface area (Å²) in [6.45, 7) is 2.73. The number of pyridine rings is 2. The molecule has 0 spiro atoms. The SMILES string of the molecule is N#Cc1ccc(N2CCN(C(=O)c3ccc(NC4CC4)nc3)CC2)nc1. The van der Waals surface area contributed by atoms with E-state index in [0.29, 0.717) is 30.3 Å². The van der Waals surface area contributed by atoms with Crippen molar-refractivity contribution in [3.8, 4) is 6.07 Å². The second kappa shape index (κ2) is 7.00. The van der Waals surface area contributed by atoms with Gasteiger partial charge in [-0.05, 0) is 37.1 Å². The van der Waals surface area contributed by atoms with Crippen molar-refractivity contribution in [3.05, 3.63) is 47.8 Å². The third-order valence-corrected chi connectivity index (χ3v) is 4.71. The van der Waals surface area contributed by atoms with E-state index in [-0.39, 0.29) is 5.91 Å². The zero-order chi connectivity index (χ0) is 17.9. The standard InChI is InChI=1S/C19H20N6O/c20-11-14-1-6-18(22-12-14)24-7-9-25(10-8-24)19(26)15-2-5-17(21-13-15)23-16-3-4-16/h1-2,5-6,12-13,16H,3-4,7-10H2,(H,21,23). The van der Waals surface area contributed by atoms with E-state index in [0.717, 1.165) is 24.7 Å². The molecule has 2 fully saturated rings. The molecule has 1 aliphatic heterocycles. The van der Waals surface area contributed by atoms with Crippen molar-refractivity contribution < 1.29 is 4.79 Å². The van der Waals surface area contributed by atoms with Crippen LogP contribution >= 0.6 is 0 Å². The summed E-state index contributed by atoms with van der Waals surface area (Å²) in [5.74, 6) is 1.69. The van der Waals surface area contributed by atoms with Gasteiger partial charge in [-0.3, -0.25) is 4.79 Å². The second-order valence-corrected chi connectivity index (χ2v) is 6.65. The zero-order valence-corrected chi connectivity index (χ0v) is 14.4. The van der Waals surface area contributed by atoms with Gasteiger partial charge in [-0.15, -0.1) is 0 Å². The lowest BCUT2D eigenvalue weighted by Gasteiger charge is -2.35. The first-order valence-electron chi connectivity index (χ1n) is 8.86. The van der Waals surface area contributed by atoms with Gasteiger partial charge < -0.3 is 15.1 Å². The number of aromatic nitrogens is 2. The Morgan fingerprint density at radius 3 is 2.46 bits per heavy atom. The number of amides is 1. The van der Waals surface area contributed by atoms with Gasteiger partial charge in [0.1, 0.15) is 17.7 Å². The number of nitrogens with zero attached hydrogens (tertiary/aromatic N) is 5. The minimum absolute atomic E-state index is 0.0166. The molecular weight excluding hydrogens is 328 g/mol. The van der Waals surface area contributed by atoms with Gasteiger partial charge in [0.25, 0.3) is 5.91 Å². The van der Waals surface area contributed by atoms with Gasteiger partial charge in [-0.25, -0.2) is 9.97 Å². The Hall–Kier alpha value is -3.14. The lowest BCUT2D eigenvalue weighted by atomic mass is 10.2. The van der Waals surface area contributed by atoms with Crippen LogP contribution in [0.5, 0.6) is 0 Å². The van der Waals surface area contributed by atoms with Crippen LogP contribution < -0.4 is 10.2 Å². The fourth-order valence-corrected chi connectivity index (χ4v) is 3.00. The van der Waals surface area contributed by atoms with E-state index in [1.807, 2.05) is 23.1 Å². The van der Waals surface area contributed by atoms with Gasteiger partial charge in [0.2, 0.25) is 0 Å². The Labute approximate surface area is 152 Å². The van der Waals surface area contributed by atoms with Gasteiger partial charge in [-0.1, -0.05) is 0 Å². The molecule has 7 nitrogen and oxygen atoms in total. The van der Waals surface area contributed by atoms with Crippen LogP contribution in [0.1, 0.15) is 28.8 Å². The predicted octanol–water partition coefficient (Wildman–Crippen LogP) is 1.88. The fraction of sp³-hybridized carbons (Fsp3) is 0.368. The topological polar surface area (TPSA) is 85.2 Å². The van der Waals surface area contributed by atoms with Crippen molar-refractivity contribution in [2.75, 3.05) is 36.4 Å². The highest BCUT2D eigenvalue weighted by Gasteiger charge is 2.24. The van der Waals surface area contributed by atoms with Gasteiger partial charge in [0.05, 0.1) is 11.1 Å². The first-order valence-corrected chi connectivity index (χ1v) is 8.86. The molecule has 26 heavy (non-hydrogen) atoms. The number of carbonyl (C=O) groups is 1. The number of piperazine rings is 1. The highest BCUT2D eigenvalue weighted by atomic mass is 16.2. The number of hydrogen-bond donors (Lipinski definition) is 1. The van der Waals surface area contributed by atoms with Gasteiger partial charge in [-0.2, -0.15) is 5.26 Å². The predicted molar refractivity (Wildman–Crippen MR) is 98.0 cm³/mol. The van der Waals surface area contributed by atoms with E-state index in [2.05, 4.69) is 26.3 Å². The fourth-order valence-electron chi connectivity index (χ4n) is 3.00. The van der Waals surface area contributed by atoms with Crippen molar-refractivity contribution in [1.29, 1.82) is 5.26 Å². The molecule has 1 saturated carbocycles. The van der Waals surface area contributed by atoms with E-state index in [9.17, 15) is 4.79 Å². The molecule has 132 valence electrons. The van der Waals surface area contributed by atoms with Crippen molar-refractivity contribution in [2.24, 2.45) is 0 Å². The summed E-state index contributed by atoms with van der Waals surface area (Å²) < 4.78 is 0. The zero-order valence-electron chi connectivity index (χ0n) is 14.4. The summed E-state index contributed by atoms with van der Waals surface area (Å²) >= 11 is 0.